The molecule has 1 atom stereocenters. The Morgan fingerprint density at radius 2 is 2.37 bits per heavy atom. The Labute approximate surface area is 156 Å². The van der Waals surface area contributed by atoms with Gasteiger partial charge in [0.05, 0.1) is 11.5 Å². The van der Waals surface area contributed by atoms with Crippen LogP contribution in [-0.2, 0) is 30.9 Å². The number of guanidine groups is 1. The molecule has 0 spiro atoms. The van der Waals surface area contributed by atoms with Crippen molar-refractivity contribution in [2.24, 2.45) is 4.99 Å². The molecule has 2 heterocycles. The Bertz CT molecular complexity index is 834. The van der Waals surface area contributed by atoms with Gasteiger partial charge in [0.25, 0.3) is 5.69 Å². The van der Waals surface area contributed by atoms with Gasteiger partial charge in [-0.05, 0) is 12.0 Å². The molecular formula is C17H23N7O3. The maximum atomic E-state index is 10.9. The summed E-state index contributed by atoms with van der Waals surface area (Å²) in [4.78, 5) is 19.2. The molecule has 0 bridgehead atoms. The van der Waals surface area contributed by atoms with Gasteiger partial charge in [-0.1, -0.05) is 12.1 Å². The molecule has 0 radical (unpaired) electrons. The molecule has 0 fully saturated rings. The Kier molecular flexibility index (Phi) is 5.97. The molecule has 1 unspecified atom stereocenters. The molecule has 144 valence electrons. The zero-order chi connectivity index (χ0) is 19.2. The Balaban J connectivity index is 1.56. The minimum absolute atomic E-state index is 0.0788. The van der Waals surface area contributed by atoms with Crippen LogP contribution < -0.4 is 10.6 Å². The smallest absolute Gasteiger partial charge is 0.269 e. The molecule has 0 aliphatic carbocycles. The first-order valence-corrected chi connectivity index (χ1v) is 8.71. The SMILES string of the molecule is CN=C(NCc1cccc([N+](=O)[O-])c1)NC1CCc2nc(COC)nn2C1. The summed E-state index contributed by atoms with van der Waals surface area (Å²) >= 11 is 0. The number of hydrogen-bond donors (Lipinski definition) is 2. The number of ether oxygens (including phenoxy) is 1. The molecule has 0 saturated heterocycles. The van der Waals surface area contributed by atoms with Crippen LogP contribution in [0.15, 0.2) is 29.3 Å². The van der Waals surface area contributed by atoms with E-state index in [1.54, 1.807) is 26.3 Å². The number of nitro benzene ring substituents is 1. The molecule has 2 aromatic rings. The number of nitro groups is 1. The summed E-state index contributed by atoms with van der Waals surface area (Å²) in [5, 5.41) is 21.9. The van der Waals surface area contributed by atoms with Crippen molar-refractivity contribution in [3.8, 4) is 0 Å². The van der Waals surface area contributed by atoms with Gasteiger partial charge in [0, 0.05) is 45.3 Å². The minimum Gasteiger partial charge on any atom is -0.377 e. The Morgan fingerprint density at radius 3 is 3.11 bits per heavy atom. The molecule has 3 rings (SSSR count). The van der Waals surface area contributed by atoms with Gasteiger partial charge in [-0.25, -0.2) is 9.67 Å². The quantitative estimate of drug-likeness (QED) is 0.336. The number of hydrogen-bond acceptors (Lipinski definition) is 6. The summed E-state index contributed by atoms with van der Waals surface area (Å²) < 4.78 is 6.99. The summed E-state index contributed by atoms with van der Waals surface area (Å²) in [5.41, 5.74) is 0.897. The molecule has 1 aliphatic rings. The third-order valence-corrected chi connectivity index (χ3v) is 4.32. The summed E-state index contributed by atoms with van der Waals surface area (Å²) in [7, 11) is 3.32. The molecule has 1 aliphatic heterocycles. The van der Waals surface area contributed by atoms with E-state index in [2.05, 4.69) is 25.7 Å². The van der Waals surface area contributed by atoms with E-state index in [1.807, 2.05) is 10.7 Å². The van der Waals surface area contributed by atoms with E-state index in [1.165, 1.54) is 6.07 Å². The van der Waals surface area contributed by atoms with Crippen molar-refractivity contribution >= 4 is 11.6 Å². The van der Waals surface area contributed by atoms with Crippen molar-refractivity contribution in [3.63, 3.8) is 0 Å². The number of benzene rings is 1. The highest BCUT2D eigenvalue weighted by molar-refractivity contribution is 5.80. The van der Waals surface area contributed by atoms with Gasteiger partial charge in [-0.2, -0.15) is 5.10 Å². The molecule has 2 N–H and O–H groups in total. The van der Waals surface area contributed by atoms with E-state index in [0.717, 1.165) is 24.2 Å². The lowest BCUT2D eigenvalue weighted by Crippen LogP contribution is -2.46. The number of aromatic nitrogens is 3. The fourth-order valence-electron chi connectivity index (χ4n) is 3.02. The Morgan fingerprint density at radius 1 is 1.52 bits per heavy atom. The van der Waals surface area contributed by atoms with Gasteiger partial charge in [-0.3, -0.25) is 15.1 Å². The number of nitrogens with one attached hydrogen (secondary N) is 2. The normalized spacial score (nSPS) is 16.7. The molecule has 0 saturated carbocycles. The average Bonchev–Trinajstić information content (AvgIpc) is 3.07. The van der Waals surface area contributed by atoms with E-state index in [-0.39, 0.29) is 11.7 Å². The summed E-state index contributed by atoms with van der Waals surface area (Å²) in [6.07, 6.45) is 1.75. The second kappa shape index (κ2) is 8.58. The number of non-ortho nitro benzene ring substituents is 1. The Hall–Kier alpha value is -3.01. The molecule has 1 aromatic heterocycles. The van der Waals surface area contributed by atoms with E-state index in [9.17, 15) is 10.1 Å². The average molecular weight is 373 g/mol. The van der Waals surface area contributed by atoms with E-state index in [4.69, 9.17) is 4.74 Å². The lowest BCUT2D eigenvalue weighted by atomic mass is 10.1. The zero-order valence-corrected chi connectivity index (χ0v) is 15.4. The number of aliphatic imine (C=N–C) groups is 1. The van der Waals surface area contributed by atoms with Crippen molar-refractivity contribution in [1.82, 2.24) is 25.4 Å². The molecule has 10 heteroatoms. The molecule has 1 aromatic carbocycles. The molecule has 10 nitrogen and oxygen atoms in total. The van der Waals surface area contributed by atoms with Gasteiger partial charge in [0.15, 0.2) is 11.8 Å². The fourth-order valence-corrected chi connectivity index (χ4v) is 3.02. The lowest BCUT2D eigenvalue weighted by molar-refractivity contribution is -0.384. The van der Waals surface area contributed by atoms with Gasteiger partial charge in [0.2, 0.25) is 0 Å². The van der Waals surface area contributed by atoms with Crippen LogP contribution in [0.1, 0.15) is 23.6 Å². The van der Waals surface area contributed by atoms with Crippen LogP contribution in [-0.4, -0.2) is 45.8 Å². The summed E-state index contributed by atoms with van der Waals surface area (Å²) in [5.74, 6) is 2.31. The molecular weight excluding hydrogens is 350 g/mol. The summed E-state index contributed by atoms with van der Waals surface area (Å²) in [6.45, 7) is 1.55. The van der Waals surface area contributed by atoms with Crippen LogP contribution >= 0.6 is 0 Å². The third-order valence-electron chi connectivity index (χ3n) is 4.32. The first-order valence-electron chi connectivity index (χ1n) is 8.71. The third kappa shape index (κ3) is 4.79. The van der Waals surface area contributed by atoms with Crippen molar-refractivity contribution in [2.45, 2.75) is 38.6 Å². The summed E-state index contributed by atoms with van der Waals surface area (Å²) in [6, 6.07) is 6.72. The van der Waals surface area contributed by atoms with Crippen molar-refractivity contribution in [3.05, 3.63) is 51.6 Å². The van der Waals surface area contributed by atoms with Crippen LogP contribution in [0, 0.1) is 10.1 Å². The number of rotatable bonds is 6. The van der Waals surface area contributed by atoms with Crippen molar-refractivity contribution in [1.29, 1.82) is 0 Å². The number of aryl methyl sites for hydroxylation is 1. The van der Waals surface area contributed by atoms with E-state index in [0.29, 0.717) is 31.5 Å². The zero-order valence-electron chi connectivity index (χ0n) is 15.4. The van der Waals surface area contributed by atoms with Crippen LogP contribution in [0.2, 0.25) is 0 Å². The van der Waals surface area contributed by atoms with Gasteiger partial charge in [0.1, 0.15) is 12.4 Å². The highest BCUT2D eigenvalue weighted by atomic mass is 16.6. The maximum Gasteiger partial charge on any atom is 0.269 e. The van der Waals surface area contributed by atoms with Gasteiger partial charge >= 0.3 is 0 Å². The van der Waals surface area contributed by atoms with Crippen LogP contribution in [0.3, 0.4) is 0 Å². The standard InChI is InChI=1S/C17H23N7O3/c1-18-17(19-9-12-4-3-5-14(8-12)24(25)26)20-13-6-7-16-21-15(11-27-2)22-23(16)10-13/h3-5,8,13H,6-7,9-11H2,1-2H3,(H2,18,19,20). The maximum absolute atomic E-state index is 10.9. The van der Waals surface area contributed by atoms with Crippen molar-refractivity contribution in [2.75, 3.05) is 14.2 Å². The fraction of sp³-hybridized carbons (Fsp3) is 0.471. The first kappa shape index (κ1) is 18.8. The lowest BCUT2D eigenvalue weighted by Gasteiger charge is -2.25. The number of methoxy groups -OCH3 is 1. The van der Waals surface area contributed by atoms with Gasteiger partial charge in [-0.15, -0.1) is 0 Å². The second-order valence-electron chi connectivity index (χ2n) is 6.29. The van der Waals surface area contributed by atoms with E-state index >= 15 is 0 Å². The van der Waals surface area contributed by atoms with Crippen LogP contribution in [0.4, 0.5) is 5.69 Å². The number of fused-ring (bicyclic) bond motifs is 1. The second-order valence-corrected chi connectivity index (χ2v) is 6.29. The first-order chi connectivity index (χ1) is 13.1. The predicted molar refractivity (Wildman–Crippen MR) is 99.3 cm³/mol. The highest BCUT2D eigenvalue weighted by Crippen LogP contribution is 2.14. The van der Waals surface area contributed by atoms with E-state index < -0.39 is 4.92 Å². The topological polar surface area (TPSA) is 120 Å². The monoisotopic (exact) mass is 373 g/mol. The number of nitrogens with zero attached hydrogens (tertiary/aromatic N) is 5. The van der Waals surface area contributed by atoms with Gasteiger partial charge < -0.3 is 15.4 Å². The molecule has 27 heavy (non-hydrogen) atoms. The van der Waals surface area contributed by atoms with Crippen LogP contribution in [0.5, 0.6) is 0 Å². The molecule has 0 amide bonds. The van der Waals surface area contributed by atoms with Crippen LogP contribution in [0.25, 0.3) is 0 Å². The largest absolute Gasteiger partial charge is 0.377 e. The minimum atomic E-state index is -0.397. The van der Waals surface area contributed by atoms with Crippen molar-refractivity contribution < 1.29 is 9.66 Å². The predicted octanol–water partition coefficient (Wildman–Crippen LogP) is 1.01. The highest BCUT2D eigenvalue weighted by Gasteiger charge is 2.22.